The Hall–Kier alpha value is -2.16. The number of anilines is 1. The lowest BCUT2D eigenvalue weighted by molar-refractivity contribution is -0.100. The monoisotopic (exact) mass is 390 g/mol. The van der Waals surface area contributed by atoms with Gasteiger partial charge in [-0.05, 0) is 49.9 Å². The maximum absolute atomic E-state index is 13.2. The number of carbonyl (C=O) groups is 2. The van der Waals surface area contributed by atoms with Gasteiger partial charge in [-0.1, -0.05) is 0 Å². The molecular formula is C19H22N2O5S. The lowest BCUT2D eigenvalue weighted by Gasteiger charge is -2.37. The molecular weight excluding hydrogens is 368 g/mol. The summed E-state index contributed by atoms with van der Waals surface area (Å²) in [6, 6.07) is 5.02. The number of amides is 2. The molecule has 4 rings (SSSR count). The zero-order valence-corrected chi connectivity index (χ0v) is 15.9. The second kappa shape index (κ2) is 7.84. The molecule has 27 heavy (non-hydrogen) atoms. The number of thiophene rings is 1. The van der Waals surface area contributed by atoms with Crippen molar-refractivity contribution in [3.63, 3.8) is 0 Å². The topological polar surface area (TPSA) is 81.0 Å². The number of piperidine rings is 1. The molecule has 2 fully saturated rings. The van der Waals surface area contributed by atoms with E-state index in [0.29, 0.717) is 29.6 Å². The van der Waals surface area contributed by atoms with Crippen molar-refractivity contribution in [2.24, 2.45) is 0 Å². The number of ether oxygens (including phenoxy) is 2. The molecule has 8 heteroatoms. The molecule has 2 aliphatic heterocycles. The molecule has 2 aromatic heterocycles. The second-order valence-electron chi connectivity index (χ2n) is 6.73. The van der Waals surface area contributed by atoms with Crippen LogP contribution in [0.25, 0.3) is 0 Å². The maximum Gasteiger partial charge on any atom is 0.291 e. The second-order valence-corrected chi connectivity index (χ2v) is 7.78. The molecule has 1 atom stereocenters. The van der Waals surface area contributed by atoms with E-state index in [-0.39, 0.29) is 29.9 Å². The highest BCUT2D eigenvalue weighted by Crippen LogP contribution is 2.32. The number of hydrogen-bond acceptors (Lipinski definition) is 6. The third-order valence-corrected chi connectivity index (χ3v) is 6.01. The van der Waals surface area contributed by atoms with Crippen LogP contribution in [-0.2, 0) is 9.47 Å². The van der Waals surface area contributed by atoms with Gasteiger partial charge in [-0.2, -0.15) is 0 Å². The number of aryl methyl sites for hydroxylation is 1. The summed E-state index contributed by atoms with van der Waals surface area (Å²) in [7, 11) is 0. The van der Waals surface area contributed by atoms with E-state index in [9.17, 15) is 9.59 Å². The number of nitrogens with zero attached hydrogens (tertiary/aromatic N) is 1. The predicted octanol–water partition coefficient (Wildman–Crippen LogP) is 3.27. The Morgan fingerprint density at radius 3 is 2.81 bits per heavy atom. The maximum atomic E-state index is 13.2. The highest BCUT2D eigenvalue weighted by atomic mass is 32.1. The molecule has 2 saturated heterocycles. The average molecular weight is 390 g/mol. The zero-order valence-electron chi connectivity index (χ0n) is 15.1. The Morgan fingerprint density at radius 1 is 1.26 bits per heavy atom. The lowest BCUT2D eigenvalue weighted by Crippen LogP contribution is -2.50. The van der Waals surface area contributed by atoms with Crippen LogP contribution in [-0.4, -0.2) is 48.8 Å². The van der Waals surface area contributed by atoms with E-state index in [0.717, 1.165) is 24.8 Å². The van der Waals surface area contributed by atoms with Gasteiger partial charge in [-0.25, -0.2) is 0 Å². The molecule has 2 aliphatic rings. The van der Waals surface area contributed by atoms with Crippen LogP contribution in [0.5, 0.6) is 0 Å². The van der Waals surface area contributed by atoms with Gasteiger partial charge < -0.3 is 24.1 Å². The minimum absolute atomic E-state index is 0.0280. The SMILES string of the molecule is Cc1cc(NC(=O)c2ccco2)sc1C(=O)N1CCCCC1C1OCCO1. The Kier molecular flexibility index (Phi) is 5.29. The Bertz CT molecular complexity index is 810. The quantitative estimate of drug-likeness (QED) is 0.867. The molecule has 0 aromatic carbocycles. The highest BCUT2D eigenvalue weighted by Gasteiger charge is 2.37. The summed E-state index contributed by atoms with van der Waals surface area (Å²) in [5.41, 5.74) is 0.845. The molecule has 0 bridgehead atoms. The van der Waals surface area contributed by atoms with E-state index in [1.54, 1.807) is 12.1 Å². The molecule has 0 spiro atoms. The summed E-state index contributed by atoms with van der Waals surface area (Å²) in [5.74, 6) is -0.121. The van der Waals surface area contributed by atoms with Crippen LogP contribution in [0, 0.1) is 6.92 Å². The fraction of sp³-hybridized carbons (Fsp3) is 0.474. The van der Waals surface area contributed by atoms with Crippen molar-refractivity contribution in [2.45, 2.75) is 38.5 Å². The Morgan fingerprint density at radius 2 is 2.07 bits per heavy atom. The van der Waals surface area contributed by atoms with Crippen LogP contribution < -0.4 is 5.32 Å². The van der Waals surface area contributed by atoms with Crippen LogP contribution in [0.4, 0.5) is 5.00 Å². The highest BCUT2D eigenvalue weighted by molar-refractivity contribution is 7.18. The molecule has 1 N–H and O–H groups in total. The summed E-state index contributed by atoms with van der Waals surface area (Å²) < 4.78 is 16.4. The molecule has 0 radical (unpaired) electrons. The Labute approximate surface area is 161 Å². The van der Waals surface area contributed by atoms with Gasteiger partial charge >= 0.3 is 0 Å². The number of rotatable bonds is 4. The van der Waals surface area contributed by atoms with Crippen molar-refractivity contribution >= 4 is 28.2 Å². The minimum atomic E-state index is -0.340. The first-order valence-corrected chi connectivity index (χ1v) is 9.94. The molecule has 2 amide bonds. The first kappa shape index (κ1) is 18.2. The lowest BCUT2D eigenvalue weighted by atomic mass is 10.0. The summed E-state index contributed by atoms with van der Waals surface area (Å²) in [6.45, 7) is 3.72. The fourth-order valence-electron chi connectivity index (χ4n) is 3.56. The van der Waals surface area contributed by atoms with Crippen molar-refractivity contribution < 1.29 is 23.5 Å². The van der Waals surface area contributed by atoms with Crippen LogP contribution >= 0.6 is 11.3 Å². The van der Waals surface area contributed by atoms with Gasteiger partial charge in [0.1, 0.15) is 0 Å². The Balaban J connectivity index is 1.51. The van der Waals surface area contributed by atoms with Crippen LogP contribution in [0.2, 0.25) is 0 Å². The van der Waals surface area contributed by atoms with Gasteiger partial charge in [0.2, 0.25) is 0 Å². The van der Waals surface area contributed by atoms with E-state index in [4.69, 9.17) is 13.9 Å². The van der Waals surface area contributed by atoms with Crippen molar-refractivity contribution in [3.05, 3.63) is 40.7 Å². The average Bonchev–Trinajstić information content (AvgIpc) is 3.43. The summed E-state index contributed by atoms with van der Waals surface area (Å²) in [5, 5.41) is 3.42. The van der Waals surface area contributed by atoms with Gasteiger partial charge in [-0.15, -0.1) is 11.3 Å². The fourth-order valence-corrected chi connectivity index (χ4v) is 4.58. The van der Waals surface area contributed by atoms with Crippen molar-refractivity contribution in [2.75, 3.05) is 25.1 Å². The summed E-state index contributed by atoms with van der Waals surface area (Å²) in [4.78, 5) is 27.9. The third-order valence-electron chi connectivity index (χ3n) is 4.87. The number of nitrogens with one attached hydrogen (secondary N) is 1. The molecule has 144 valence electrons. The third kappa shape index (κ3) is 3.78. The van der Waals surface area contributed by atoms with E-state index in [2.05, 4.69) is 5.32 Å². The van der Waals surface area contributed by atoms with E-state index in [1.165, 1.54) is 17.6 Å². The first-order valence-electron chi connectivity index (χ1n) is 9.13. The predicted molar refractivity (Wildman–Crippen MR) is 100 cm³/mol. The van der Waals surface area contributed by atoms with Crippen LogP contribution in [0.1, 0.15) is 45.1 Å². The number of hydrogen-bond donors (Lipinski definition) is 1. The number of carbonyl (C=O) groups excluding carboxylic acids is 2. The van der Waals surface area contributed by atoms with Crippen LogP contribution in [0.15, 0.2) is 28.9 Å². The number of furan rings is 1. The van der Waals surface area contributed by atoms with Gasteiger partial charge in [-0.3, -0.25) is 9.59 Å². The van der Waals surface area contributed by atoms with E-state index < -0.39 is 0 Å². The number of likely N-dealkylation sites (tertiary alicyclic amines) is 1. The summed E-state index contributed by atoms with van der Waals surface area (Å²) in [6.07, 6.45) is 4.02. The van der Waals surface area contributed by atoms with E-state index in [1.807, 2.05) is 17.9 Å². The van der Waals surface area contributed by atoms with Crippen molar-refractivity contribution in [1.82, 2.24) is 4.90 Å². The first-order chi connectivity index (χ1) is 13.1. The van der Waals surface area contributed by atoms with Gasteiger partial charge in [0.15, 0.2) is 12.1 Å². The molecule has 4 heterocycles. The van der Waals surface area contributed by atoms with Gasteiger partial charge in [0.05, 0.1) is 35.4 Å². The molecule has 7 nitrogen and oxygen atoms in total. The zero-order chi connectivity index (χ0) is 18.8. The van der Waals surface area contributed by atoms with Crippen molar-refractivity contribution in [3.8, 4) is 0 Å². The van der Waals surface area contributed by atoms with Gasteiger partial charge in [0, 0.05) is 6.54 Å². The smallest absolute Gasteiger partial charge is 0.291 e. The molecule has 0 aliphatic carbocycles. The summed E-state index contributed by atoms with van der Waals surface area (Å²) >= 11 is 1.28. The standard InChI is InChI=1S/C19H22N2O5S/c1-12-11-15(20-17(22)14-6-4-8-24-14)27-16(12)18(23)21-7-3-2-5-13(21)19-25-9-10-26-19/h4,6,8,11,13,19H,2-3,5,7,9-10H2,1H3,(H,20,22). The van der Waals surface area contributed by atoms with Gasteiger partial charge in [0.25, 0.3) is 11.8 Å². The van der Waals surface area contributed by atoms with E-state index >= 15 is 0 Å². The molecule has 1 unspecified atom stereocenters. The normalized spacial score (nSPS) is 20.8. The van der Waals surface area contributed by atoms with Crippen molar-refractivity contribution in [1.29, 1.82) is 0 Å². The van der Waals surface area contributed by atoms with Crippen LogP contribution in [0.3, 0.4) is 0 Å². The largest absolute Gasteiger partial charge is 0.459 e. The molecule has 2 aromatic rings. The molecule has 0 saturated carbocycles. The minimum Gasteiger partial charge on any atom is -0.459 e.